The van der Waals surface area contributed by atoms with Gasteiger partial charge in [-0.2, -0.15) is 5.26 Å². The van der Waals surface area contributed by atoms with Crippen LogP contribution in [-0.4, -0.2) is 52.8 Å². The van der Waals surface area contributed by atoms with Gasteiger partial charge in [0.25, 0.3) is 11.8 Å². The number of pyridine rings is 1. The van der Waals surface area contributed by atoms with Gasteiger partial charge in [0.05, 0.1) is 32.7 Å². The lowest BCUT2D eigenvalue weighted by molar-refractivity contribution is 0.0691. The first-order valence-corrected chi connectivity index (χ1v) is 11.5. The largest absolute Gasteiger partial charge is 0.336 e. The molecule has 1 aliphatic heterocycles. The van der Waals surface area contributed by atoms with Gasteiger partial charge < -0.3 is 9.80 Å². The summed E-state index contributed by atoms with van der Waals surface area (Å²) in [6.45, 7) is 0.701. The van der Waals surface area contributed by atoms with Crippen LogP contribution in [0.15, 0.2) is 60.8 Å². The lowest BCUT2D eigenvalue weighted by Gasteiger charge is -2.29. The Bertz CT molecular complexity index is 1270. The van der Waals surface area contributed by atoms with Gasteiger partial charge in [-0.1, -0.05) is 40.9 Å². The number of likely N-dealkylation sites (N-methyl/N-ethyl adjacent to an activating group) is 1. The highest BCUT2D eigenvalue weighted by Crippen LogP contribution is 2.35. The first-order chi connectivity index (χ1) is 16.3. The fraction of sp³-hybridized carbons (Fsp3) is 0.200. The Morgan fingerprint density at radius 3 is 2.38 bits per heavy atom. The molecule has 2 amide bonds. The second-order valence-electron chi connectivity index (χ2n) is 8.02. The highest BCUT2D eigenvalue weighted by atomic mass is 35.5. The van der Waals surface area contributed by atoms with Crippen LogP contribution < -0.4 is 0 Å². The minimum atomic E-state index is -0.329. The van der Waals surface area contributed by atoms with Crippen molar-refractivity contribution in [1.82, 2.24) is 14.8 Å². The number of benzene rings is 2. The zero-order valence-corrected chi connectivity index (χ0v) is 20.3. The third-order valence-electron chi connectivity index (χ3n) is 5.97. The topological polar surface area (TPSA) is 77.3 Å². The molecule has 2 heterocycles. The van der Waals surface area contributed by atoms with E-state index < -0.39 is 0 Å². The van der Waals surface area contributed by atoms with Crippen molar-refractivity contribution in [3.8, 4) is 6.07 Å². The van der Waals surface area contributed by atoms with Crippen LogP contribution in [0.1, 0.15) is 37.9 Å². The Balaban J connectivity index is 1.65. The average Bonchev–Trinajstić information content (AvgIpc) is 3.30. The van der Waals surface area contributed by atoms with Crippen LogP contribution in [0.2, 0.25) is 15.1 Å². The molecule has 1 saturated heterocycles. The van der Waals surface area contributed by atoms with E-state index in [0.717, 1.165) is 5.56 Å². The number of carbonyl (C=O) groups is 2. The average molecular weight is 514 g/mol. The van der Waals surface area contributed by atoms with Crippen LogP contribution >= 0.6 is 34.8 Å². The zero-order valence-electron chi connectivity index (χ0n) is 18.1. The van der Waals surface area contributed by atoms with E-state index in [1.807, 2.05) is 12.1 Å². The summed E-state index contributed by atoms with van der Waals surface area (Å²) in [4.78, 5) is 33.9. The molecule has 172 valence electrons. The van der Waals surface area contributed by atoms with Gasteiger partial charge in [-0.05, 0) is 54.1 Å². The smallest absolute Gasteiger partial charge is 0.272 e. The number of hydrogen-bond donors (Lipinski definition) is 0. The molecule has 9 heteroatoms. The number of likely N-dealkylation sites (tertiary alicyclic amines) is 1. The van der Waals surface area contributed by atoms with E-state index in [1.165, 1.54) is 6.20 Å². The van der Waals surface area contributed by atoms with Gasteiger partial charge in [-0.25, -0.2) is 4.98 Å². The molecule has 2 atom stereocenters. The maximum Gasteiger partial charge on any atom is 0.272 e. The van der Waals surface area contributed by atoms with Crippen molar-refractivity contribution >= 4 is 46.6 Å². The summed E-state index contributed by atoms with van der Waals surface area (Å²) in [6.07, 6.45) is 1.43. The molecule has 34 heavy (non-hydrogen) atoms. The molecule has 0 saturated carbocycles. The number of hydrogen-bond acceptors (Lipinski definition) is 4. The van der Waals surface area contributed by atoms with Crippen molar-refractivity contribution < 1.29 is 9.59 Å². The summed E-state index contributed by atoms with van der Waals surface area (Å²) in [7, 11) is 1.70. The van der Waals surface area contributed by atoms with Crippen LogP contribution in [0.4, 0.5) is 0 Å². The molecular formula is C25H19Cl3N4O2. The number of nitriles is 1. The Hall–Kier alpha value is -3.11. The SMILES string of the molecule is CN(C(=O)c1ccc(Cl)cn1)[C@@H]1CN(C(=O)c2ccc(C#N)cc2)CC1c1ccc(Cl)c(Cl)c1. The van der Waals surface area contributed by atoms with Crippen molar-refractivity contribution in [2.45, 2.75) is 12.0 Å². The van der Waals surface area contributed by atoms with Crippen LogP contribution in [0.3, 0.4) is 0 Å². The summed E-state index contributed by atoms with van der Waals surface area (Å²) in [6, 6.07) is 16.7. The maximum atomic E-state index is 13.3. The van der Waals surface area contributed by atoms with E-state index >= 15 is 0 Å². The van der Waals surface area contributed by atoms with E-state index in [-0.39, 0.29) is 29.5 Å². The molecule has 1 aromatic heterocycles. The third kappa shape index (κ3) is 4.88. The summed E-state index contributed by atoms with van der Waals surface area (Å²) in [5, 5.41) is 10.3. The van der Waals surface area contributed by atoms with Crippen molar-refractivity contribution in [3.63, 3.8) is 0 Å². The summed E-state index contributed by atoms with van der Waals surface area (Å²) < 4.78 is 0. The normalized spacial score (nSPS) is 17.3. The van der Waals surface area contributed by atoms with Crippen molar-refractivity contribution in [2.24, 2.45) is 0 Å². The maximum absolute atomic E-state index is 13.3. The zero-order chi connectivity index (χ0) is 24.4. The highest BCUT2D eigenvalue weighted by molar-refractivity contribution is 6.42. The van der Waals surface area contributed by atoms with Gasteiger partial charge in [0.2, 0.25) is 0 Å². The molecule has 1 aliphatic rings. The monoisotopic (exact) mass is 512 g/mol. The van der Waals surface area contributed by atoms with E-state index in [2.05, 4.69) is 4.98 Å². The molecule has 3 aromatic rings. The van der Waals surface area contributed by atoms with E-state index in [0.29, 0.717) is 39.3 Å². The molecule has 6 nitrogen and oxygen atoms in total. The molecule has 0 N–H and O–H groups in total. The predicted octanol–water partition coefficient (Wildman–Crippen LogP) is 5.29. The first-order valence-electron chi connectivity index (χ1n) is 10.4. The Morgan fingerprint density at radius 2 is 1.76 bits per heavy atom. The quantitative estimate of drug-likeness (QED) is 0.475. The minimum absolute atomic E-state index is 0.178. The predicted molar refractivity (Wildman–Crippen MR) is 131 cm³/mol. The highest BCUT2D eigenvalue weighted by Gasteiger charge is 2.40. The molecular weight excluding hydrogens is 495 g/mol. The van der Waals surface area contributed by atoms with Crippen LogP contribution in [0.25, 0.3) is 0 Å². The fourth-order valence-electron chi connectivity index (χ4n) is 4.12. The van der Waals surface area contributed by atoms with Crippen molar-refractivity contribution in [1.29, 1.82) is 5.26 Å². The van der Waals surface area contributed by atoms with Gasteiger partial charge in [0.15, 0.2) is 0 Å². The summed E-state index contributed by atoms with van der Waals surface area (Å²) in [5.41, 5.74) is 2.08. The standard InChI is InChI=1S/C25H19Cl3N4O2/c1-31(25(34)22-9-7-18(26)12-30-22)23-14-32(24(33)16-4-2-15(11-29)3-5-16)13-19(23)17-6-8-20(27)21(28)10-17/h2-10,12,19,23H,13-14H2,1H3/t19?,23-/m1/s1. The Labute approximate surface area is 212 Å². The van der Waals surface area contributed by atoms with E-state index in [9.17, 15) is 9.59 Å². The molecule has 0 bridgehead atoms. The number of halogens is 3. The van der Waals surface area contributed by atoms with Crippen molar-refractivity contribution in [2.75, 3.05) is 20.1 Å². The molecule has 0 radical (unpaired) electrons. The number of nitrogens with zero attached hydrogens (tertiary/aromatic N) is 4. The van der Waals surface area contributed by atoms with Gasteiger partial charge in [0.1, 0.15) is 5.69 Å². The van der Waals surface area contributed by atoms with Gasteiger partial charge in [-0.3, -0.25) is 9.59 Å². The number of aromatic nitrogens is 1. The van der Waals surface area contributed by atoms with Crippen molar-refractivity contribution in [3.05, 3.63) is 98.2 Å². The van der Waals surface area contributed by atoms with Gasteiger partial charge in [-0.15, -0.1) is 0 Å². The number of amides is 2. The second kappa shape index (κ2) is 10.0. The van der Waals surface area contributed by atoms with Gasteiger partial charge >= 0.3 is 0 Å². The third-order valence-corrected chi connectivity index (χ3v) is 6.94. The van der Waals surface area contributed by atoms with Crippen LogP contribution in [-0.2, 0) is 0 Å². The number of rotatable bonds is 4. The lowest BCUT2D eigenvalue weighted by Crippen LogP contribution is -2.42. The fourth-order valence-corrected chi connectivity index (χ4v) is 4.54. The molecule has 0 spiro atoms. The molecule has 2 aromatic carbocycles. The van der Waals surface area contributed by atoms with Crippen LogP contribution in [0, 0.1) is 11.3 Å². The molecule has 1 unspecified atom stereocenters. The molecule has 1 fully saturated rings. The summed E-state index contributed by atoms with van der Waals surface area (Å²) >= 11 is 18.3. The Kier molecular flexibility index (Phi) is 7.08. The Morgan fingerprint density at radius 1 is 1.03 bits per heavy atom. The van der Waals surface area contributed by atoms with Gasteiger partial charge in [0, 0.05) is 37.8 Å². The summed E-state index contributed by atoms with van der Waals surface area (Å²) in [5.74, 6) is -0.653. The number of carbonyl (C=O) groups excluding carboxylic acids is 2. The van der Waals surface area contributed by atoms with Crippen LogP contribution in [0.5, 0.6) is 0 Å². The second-order valence-corrected chi connectivity index (χ2v) is 9.28. The van der Waals surface area contributed by atoms with E-state index in [4.69, 9.17) is 40.1 Å². The molecule has 0 aliphatic carbocycles. The lowest BCUT2D eigenvalue weighted by atomic mass is 9.93. The molecule has 4 rings (SSSR count). The minimum Gasteiger partial charge on any atom is -0.336 e. The first kappa shape index (κ1) is 24.0. The van der Waals surface area contributed by atoms with E-state index in [1.54, 1.807) is 65.4 Å².